The zero-order valence-electron chi connectivity index (χ0n) is 34.8. The number of nitrogens with zero attached hydrogens (tertiary/aromatic N) is 5. The van der Waals surface area contributed by atoms with Gasteiger partial charge in [-0.3, -0.25) is 34.0 Å². The van der Waals surface area contributed by atoms with Crippen LogP contribution in [0.2, 0.25) is 0 Å². The van der Waals surface area contributed by atoms with Crippen LogP contribution >= 0.6 is 0 Å². The minimum atomic E-state index is -4.75. The van der Waals surface area contributed by atoms with E-state index in [1.807, 2.05) is 39.8 Å². The van der Waals surface area contributed by atoms with E-state index in [-0.39, 0.29) is 42.2 Å². The number of aromatic nitrogens is 3. The number of halogens is 3. The van der Waals surface area contributed by atoms with Gasteiger partial charge in [-0.15, -0.1) is 13.2 Å². The monoisotopic (exact) mass is 845 g/mol. The Morgan fingerprint density at radius 1 is 0.934 bits per heavy atom. The van der Waals surface area contributed by atoms with Gasteiger partial charge in [-0.05, 0) is 80.5 Å². The normalized spacial score (nSPS) is 17.3. The van der Waals surface area contributed by atoms with Crippen molar-refractivity contribution in [1.29, 1.82) is 0 Å². The number of amides is 4. The third-order valence-corrected chi connectivity index (χ3v) is 12.2. The fraction of sp³-hybridized carbons (Fsp3) is 0.511. The van der Waals surface area contributed by atoms with E-state index in [0.717, 1.165) is 73.9 Å². The number of hydrogen-bond acceptors (Lipinski definition) is 8. The van der Waals surface area contributed by atoms with Gasteiger partial charge in [0, 0.05) is 87.1 Å². The second-order valence-corrected chi connectivity index (χ2v) is 16.5. The number of imidazole rings is 1. The van der Waals surface area contributed by atoms with E-state index >= 15 is 0 Å². The molecule has 3 aliphatic rings. The maximum Gasteiger partial charge on any atom is 0.522 e. The molecule has 2 aromatic heterocycles. The average Bonchev–Trinajstić information content (AvgIpc) is 3.77. The van der Waals surface area contributed by atoms with Crippen LogP contribution in [0, 0.1) is 6.92 Å². The molecule has 326 valence electrons. The second kappa shape index (κ2) is 19.0. The SMILES string of the molecule is Cc1cc(-c2ccc3nc(C4CCN(C(=O)CCCCCCCCCNc5cccc6c5CN(C5CCC(=O)NC5=O)C6=O)CC4)n(CCOC(F)(F)F)c3c2)cn(C)c1=O. The minimum Gasteiger partial charge on any atom is -0.385 e. The molecule has 0 aliphatic carbocycles. The van der Waals surface area contributed by atoms with Crippen molar-refractivity contribution < 1.29 is 37.1 Å². The highest BCUT2D eigenvalue weighted by atomic mass is 19.4. The predicted molar refractivity (Wildman–Crippen MR) is 224 cm³/mol. The van der Waals surface area contributed by atoms with Crippen molar-refractivity contribution in [2.24, 2.45) is 7.05 Å². The molecule has 3 aliphatic heterocycles. The van der Waals surface area contributed by atoms with E-state index in [9.17, 15) is 37.1 Å². The third kappa shape index (κ3) is 10.3. The van der Waals surface area contributed by atoms with Crippen molar-refractivity contribution in [1.82, 2.24) is 29.2 Å². The summed E-state index contributed by atoms with van der Waals surface area (Å²) in [5.41, 5.74) is 5.85. The first-order valence-electron chi connectivity index (χ1n) is 21.4. The highest BCUT2D eigenvalue weighted by Gasteiger charge is 2.40. The van der Waals surface area contributed by atoms with Crippen LogP contribution in [-0.2, 0) is 39.3 Å². The van der Waals surface area contributed by atoms with Crippen molar-refractivity contribution >= 4 is 40.3 Å². The lowest BCUT2D eigenvalue weighted by Gasteiger charge is -2.32. The summed E-state index contributed by atoms with van der Waals surface area (Å²) in [5, 5.41) is 5.82. The number of rotatable bonds is 17. The Hall–Kier alpha value is -5.51. The van der Waals surface area contributed by atoms with Crippen LogP contribution in [0.5, 0.6) is 0 Å². The number of carbonyl (C=O) groups excluding carboxylic acids is 4. The van der Waals surface area contributed by atoms with Crippen LogP contribution < -0.4 is 16.2 Å². The largest absolute Gasteiger partial charge is 0.522 e. The van der Waals surface area contributed by atoms with Crippen LogP contribution in [0.25, 0.3) is 22.2 Å². The maximum atomic E-state index is 13.2. The lowest BCUT2D eigenvalue weighted by molar-refractivity contribution is -0.325. The number of imide groups is 1. The number of hydrogen-bond donors (Lipinski definition) is 2. The first-order chi connectivity index (χ1) is 29.3. The van der Waals surface area contributed by atoms with Crippen molar-refractivity contribution in [3.63, 3.8) is 0 Å². The summed E-state index contributed by atoms with van der Waals surface area (Å²) in [7, 11) is 1.68. The van der Waals surface area contributed by atoms with Crippen LogP contribution in [0.4, 0.5) is 18.9 Å². The van der Waals surface area contributed by atoms with Crippen LogP contribution in [0.1, 0.15) is 110 Å². The Morgan fingerprint density at radius 3 is 2.39 bits per heavy atom. The fourth-order valence-corrected chi connectivity index (χ4v) is 8.96. The number of piperidine rings is 2. The van der Waals surface area contributed by atoms with E-state index in [1.165, 1.54) is 4.57 Å². The standard InChI is InChI=1S/C45H54F3N7O6/c1-29-25-32(27-52(2)43(29)59)31-14-15-36-38(26-31)54(23-24-61-45(46,47)48)41(50-36)30-18-21-53(22-19-30)40(57)13-8-6-4-3-5-7-9-20-49-35-12-10-11-33-34(35)28-55(44(33)60)37-16-17-39(56)51-42(37)58/h10-12,14-15,25-27,30,37,49H,3-9,13,16-24,28H2,1-2H3,(H,51,56,58). The van der Waals surface area contributed by atoms with Gasteiger partial charge < -0.3 is 24.3 Å². The van der Waals surface area contributed by atoms with E-state index < -0.39 is 24.9 Å². The number of unbranched alkanes of at least 4 members (excludes halogenated alkanes) is 6. The Morgan fingerprint density at radius 2 is 1.67 bits per heavy atom. The lowest BCUT2D eigenvalue weighted by Crippen LogP contribution is -2.52. The molecule has 2 aromatic carbocycles. The van der Waals surface area contributed by atoms with Gasteiger partial charge in [0.2, 0.25) is 17.7 Å². The lowest BCUT2D eigenvalue weighted by atomic mass is 9.95. The number of carbonyl (C=O) groups is 4. The highest BCUT2D eigenvalue weighted by Crippen LogP contribution is 2.34. The molecule has 16 heteroatoms. The van der Waals surface area contributed by atoms with Gasteiger partial charge in [0.05, 0.1) is 17.6 Å². The summed E-state index contributed by atoms with van der Waals surface area (Å²) in [6, 6.07) is 12.4. The number of pyridine rings is 1. The molecular weight excluding hydrogens is 792 g/mol. The molecule has 1 atom stereocenters. The van der Waals surface area contributed by atoms with Gasteiger partial charge in [-0.1, -0.05) is 44.2 Å². The van der Waals surface area contributed by atoms with Crippen molar-refractivity contribution in [3.8, 4) is 11.1 Å². The van der Waals surface area contributed by atoms with Gasteiger partial charge >= 0.3 is 6.36 Å². The molecule has 4 amide bonds. The van der Waals surface area contributed by atoms with E-state index in [1.54, 1.807) is 37.2 Å². The summed E-state index contributed by atoms with van der Waals surface area (Å²) < 4.78 is 46.5. The molecule has 2 fully saturated rings. The smallest absolute Gasteiger partial charge is 0.385 e. The summed E-state index contributed by atoms with van der Waals surface area (Å²) in [5.74, 6) is -0.119. The maximum absolute atomic E-state index is 13.2. The molecule has 0 spiro atoms. The third-order valence-electron chi connectivity index (χ3n) is 12.2. The summed E-state index contributed by atoms with van der Waals surface area (Å²) in [6.07, 6.45) is 6.37. The van der Waals surface area contributed by atoms with Crippen LogP contribution in [0.3, 0.4) is 0 Å². The van der Waals surface area contributed by atoms with Gasteiger partial charge in [0.15, 0.2) is 0 Å². The van der Waals surface area contributed by atoms with Crippen molar-refractivity contribution in [2.45, 2.75) is 115 Å². The Bertz CT molecular complexity index is 2300. The number of ether oxygens (including phenoxy) is 1. The first kappa shape index (κ1) is 43.6. The molecule has 2 N–H and O–H groups in total. The molecule has 4 aromatic rings. The molecule has 0 bridgehead atoms. The number of nitrogens with one attached hydrogen (secondary N) is 2. The summed E-state index contributed by atoms with van der Waals surface area (Å²) in [6.45, 7) is 3.36. The van der Waals surface area contributed by atoms with Gasteiger partial charge in [0.1, 0.15) is 11.9 Å². The molecular formula is C45H54F3N7O6. The average molecular weight is 846 g/mol. The predicted octanol–water partition coefficient (Wildman–Crippen LogP) is 6.95. The molecule has 5 heterocycles. The number of likely N-dealkylation sites (tertiary alicyclic amines) is 1. The number of fused-ring (bicyclic) bond motifs is 2. The Balaban J connectivity index is 0.824. The number of aryl methyl sites for hydroxylation is 2. The highest BCUT2D eigenvalue weighted by molar-refractivity contribution is 6.06. The van der Waals surface area contributed by atoms with Gasteiger partial charge in [-0.25, -0.2) is 4.98 Å². The summed E-state index contributed by atoms with van der Waals surface area (Å²) in [4.78, 5) is 70.9. The van der Waals surface area contributed by atoms with E-state index in [4.69, 9.17) is 4.98 Å². The fourth-order valence-electron chi connectivity index (χ4n) is 8.96. The van der Waals surface area contributed by atoms with E-state index in [2.05, 4.69) is 15.4 Å². The first-order valence-corrected chi connectivity index (χ1v) is 21.4. The number of benzene rings is 2. The Labute approximate surface area is 352 Å². The quantitative estimate of drug-likeness (QED) is 0.0858. The van der Waals surface area contributed by atoms with Gasteiger partial charge in [-0.2, -0.15) is 0 Å². The Kier molecular flexibility index (Phi) is 13.6. The van der Waals surface area contributed by atoms with Crippen LogP contribution in [-0.4, -0.2) is 86.2 Å². The van der Waals surface area contributed by atoms with Crippen LogP contribution in [0.15, 0.2) is 53.5 Å². The molecule has 1 unspecified atom stereocenters. The minimum absolute atomic E-state index is 0.0335. The zero-order chi connectivity index (χ0) is 43.3. The van der Waals surface area contributed by atoms with Gasteiger partial charge in [0.25, 0.3) is 11.5 Å². The van der Waals surface area contributed by atoms with Crippen molar-refractivity contribution in [2.75, 3.05) is 31.6 Å². The number of alkyl halides is 3. The molecule has 61 heavy (non-hydrogen) atoms. The molecule has 2 saturated heterocycles. The second-order valence-electron chi connectivity index (χ2n) is 16.5. The van der Waals surface area contributed by atoms with Crippen molar-refractivity contribution in [3.05, 3.63) is 81.5 Å². The topological polar surface area (TPSA) is 148 Å². The summed E-state index contributed by atoms with van der Waals surface area (Å²) >= 11 is 0. The molecule has 7 rings (SSSR count). The molecule has 13 nitrogen and oxygen atoms in total. The zero-order valence-corrected chi connectivity index (χ0v) is 34.8. The van der Waals surface area contributed by atoms with E-state index in [0.29, 0.717) is 73.3 Å². The molecule has 0 saturated carbocycles. The number of anilines is 1. The molecule has 0 radical (unpaired) electrons.